The molecule has 0 saturated heterocycles. The molecule has 30 heavy (non-hydrogen) atoms. The largest absolute Gasteiger partial charge is 0.493 e. The summed E-state index contributed by atoms with van der Waals surface area (Å²) in [7, 11) is 1.63. The van der Waals surface area contributed by atoms with Crippen molar-refractivity contribution in [3.05, 3.63) is 71.3 Å². The Labute approximate surface area is 175 Å². The normalized spacial score (nSPS) is 26.1. The van der Waals surface area contributed by atoms with E-state index in [1.54, 1.807) is 24.1 Å². The van der Waals surface area contributed by atoms with Crippen LogP contribution in [0.2, 0.25) is 0 Å². The molecule has 2 heterocycles. The van der Waals surface area contributed by atoms with Crippen LogP contribution in [0.3, 0.4) is 0 Å². The lowest BCUT2D eigenvalue weighted by Crippen LogP contribution is -2.43. The third-order valence-corrected chi connectivity index (χ3v) is 6.39. The monoisotopic (exact) mass is 405 g/mol. The van der Waals surface area contributed by atoms with E-state index in [1.807, 2.05) is 36.4 Å². The standard InChI is InChI=1S/C24H23NO5/c1-28-19-8-7-17-14-25(15-26)12-11-24-10-9-18(13-20(24)30-22(19)21(17)24)29-23(27)16-5-3-2-4-6-16/h2-10,15,18,20H,11-14H2,1H3/t18-,20-,24-/m0/s1. The fourth-order valence-corrected chi connectivity index (χ4v) is 4.90. The first-order valence-electron chi connectivity index (χ1n) is 10.2. The van der Waals surface area contributed by atoms with Gasteiger partial charge in [0.2, 0.25) is 6.41 Å². The summed E-state index contributed by atoms with van der Waals surface area (Å²) in [6.07, 6.45) is 5.73. The van der Waals surface area contributed by atoms with Crippen LogP contribution in [0.1, 0.15) is 34.3 Å². The first-order valence-corrected chi connectivity index (χ1v) is 10.2. The Hall–Kier alpha value is -3.28. The van der Waals surface area contributed by atoms with E-state index in [4.69, 9.17) is 14.2 Å². The number of hydrogen-bond donors (Lipinski definition) is 0. The summed E-state index contributed by atoms with van der Waals surface area (Å²) >= 11 is 0. The van der Waals surface area contributed by atoms with Gasteiger partial charge in [0.15, 0.2) is 11.5 Å². The summed E-state index contributed by atoms with van der Waals surface area (Å²) < 4.78 is 17.7. The lowest BCUT2D eigenvalue weighted by Gasteiger charge is -2.36. The van der Waals surface area contributed by atoms with E-state index in [-0.39, 0.29) is 23.6 Å². The molecule has 6 nitrogen and oxygen atoms in total. The zero-order valence-corrected chi connectivity index (χ0v) is 16.7. The Morgan fingerprint density at radius 1 is 1.23 bits per heavy atom. The van der Waals surface area contributed by atoms with Gasteiger partial charge in [0.05, 0.1) is 18.1 Å². The zero-order chi connectivity index (χ0) is 20.7. The number of amides is 1. The molecule has 2 aromatic carbocycles. The Kier molecular flexibility index (Phi) is 4.50. The van der Waals surface area contributed by atoms with E-state index in [9.17, 15) is 9.59 Å². The minimum atomic E-state index is -0.373. The highest BCUT2D eigenvalue weighted by molar-refractivity contribution is 5.89. The molecule has 6 heteroatoms. The number of methoxy groups -OCH3 is 1. The molecule has 0 radical (unpaired) electrons. The molecule has 0 aromatic heterocycles. The highest BCUT2D eigenvalue weighted by Crippen LogP contribution is 2.55. The van der Waals surface area contributed by atoms with Crippen molar-refractivity contribution < 1.29 is 23.8 Å². The number of carbonyl (C=O) groups excluding carboxylic acids is 2. The first kappa shape index (κ1) is 18.7. The second kappa shape index (κ2) is 7.20. The quantitative estimate of drug-likeness (QED) is 0.444. The number of benzene rings is 2. The molecule has 3 aliphatic rings. The summed E-state index contributed by atoms with van der Waals surface area (Å²) in [5.41, 5.74) is 2.34. The van der Waals surface area contributed by atoms with Crippen LogP contribution in [-0.4, -0.2) is 43.1 Å². The summed E-state index contributed by atoms with van der Waals surface area (Å²) in [4.78, 5) is 25.8. The third-order valence-electron chi connectivity index (χ3n) is 6.39. The topological polar surface area (TPSA) is 65.1 Å². The molecule has 3 atom stereocenters. The smallest absolute Gasteiger partial charge is 0.338 e. The molecule has 1 amide bonds. The van der Waals surface area contributed by atoms with E-state index < -0.39 is 0 Å². The molecular weight excluding hydrogens is 382 g/mol. The Bertz CT molecular complexity index is 1020. The third kappa shape index (κ3) is 2.86. The Morgan fingerprint density at radius 3 is 2.83 bits per heavy atom. The number of nitrogens with zero attached hydrogens (tertiary/aromatic N) is 1. The van der Waals surface area contributed by atoms with Gasteiger partial charge in [-0.3, -0.25) is 4.79 Å². The molecule has 2 aromatic rings. The Balaban J connectivity index is 1.48. The lowest BCUT2D eigenvalue weighted by atomic mass is 9.69. The van der Waals surface area contributed by atoms with Gasteiger partial charge in [-0.2, -0.15) is 0 Å². The average Bonchev–Trinajstić information content (AvgIpc) is 3.02. The fourth-order valence-electron chi connectivity index (χ4n) is 4.90. The number of hydrogen-bond acceptors (Lipinski definition) is 5. The molecule has 0 N–H and O–H groups in total. The maximum atomic E-state index is 12.5. The molecule has 0 saturated carbocycles. The van der Waals surface area contributed by atoms with Gasteiger partial charge in [0.1, 0.15) is 12.2 Å². The number of ether oxygens (including phenoxy) is 3. The summed E-state index contributed by atoms with van der Waals surface area (Å²) in [6, 6.07) is 12.9. The Morgan fingerprint density at radius 2 is 2.07 bits per heavy atom. The van der Waals surface area contributed by atoms with Crippen molar-refractivity contribution in [2.24, 2.45) is 0 Å². The van der Waals surface area contributed by atoms with Crippen LogP contribution in [0.15, 0.2) is 54.6 Å². The fraction of sp³-hybridized carbons (Fsp3) is 0.333. The molecule has 0 fully saturated rings. The SMILES string of the molecule is COc1ccc2c3c1O[C@H]1C[C@@H](OC(=O)c4ccccc4)C=C[C@@]31CCN(C=O)C2. The van der Waals surface area contributed by atoms with Crippen molar-refractivity contribution in [3.63, 3.8) is 0 Å². The van der Waals surface area contributed by atoms with E-state index in [0.717, 1.165) is 29.7 Å². The molecule has 2 aliphatic heterocycles. The predicted molar refractivity (Wildman–Crippen MR) is 110 cm³/mol. The van der Waals surface area contributed by atoms with Crippen molar-refractivity contribution in [2.75, 3.05) is 13.7 Å². The molecule has 1 spiro atoms. The van der Waals surface area contributed by atoms with Gasteiger partial charge in [-0.1, -0.05) is 30.3 Å². The second-order valence-corrected chi connectivity index (χ2v) is 8.01. The average molecular weight is 405 g/mol. The van der Waals surface area contributed by atoms with Crippen LogP contribution in [-0.2, 0) is 21.5 Å². The highest BCUT2D eigenvalue weighted by Gasteiger charge is 2.53. The number of carbonyl (C=O) groups is 2. The van der Waals surface area contributed by atoms with Crippen LogP contribution >= 0.6 is 0 Å². The second-order valence-electron chi connectivity index (χ2n) is 8.01. The maximum Gasteiger partial charge on any atom is 0.338 e. The molecule has 5 rings (SSSR count). The van der Waals surface area contributed by atoms with Crippen LogP contribution in [0.4, 0.5) is 0 Å². The summed E-state index contributed by atoms with van der Waals surface area (Å²) in [5.74, 6) is 1.09. The summed E-state index contributed by atoms with van der Waals surface area (Å²) in [5, 5.41) is 0. The first-order chi connectivity index (χ1) is 14.6. The number of esters is 1. The van der Waals surface area contributed by atoms with Crippen LogP contribution < -0.4 is 9.47 Å². The van der Waals surface area contributed by atoms with E-state index in [1.165, 1.54) is 0 Å². The van der Waals surface area contributed by atoms with Gasteiger partial charge in [-0.25, -0.2) is 4.79 Å². The number of rotatable bonds is 4. The minimum absolute atomic E-state index is 0.187. The van der Waals surface area contributed by atoms with Crippen LogP contribution in [0, 0.1) is 0 Å². The van der Waals surface area contributed by atoms with Crippen molar-refractivity contribution in [3.8, 4) is 11.5 Å². The maximum absolute atomic E-state index is 12.5. The van der Waals surface area contributed by atoms with Crippen LogP contribution in [0.25, 0.3) is 0 Å². The molecule has 154 valence electrons. The molecule has 0 unspecified atom stereocenters. The van der Waals surface area contributed by atoms with Gasteiger partial charge in [0.25, 0.3) is 0 Å². The lowest BCUT2D eigenvalue weighted by molar-refractivity contribution is -0.118. The van der Waals surface area contributed by atoms with Gasteiger partial charge in [0, 0.05) is 25.1 Å². The van der Waals surface area contributed by atoms with Crippen LogP contribution in [0.5, 0.6) is 11.5 Å². The predicted octanol–water partition coefficient (Wildman–Crippen LogP) is 3.24. The molecule has 1 aliphatic carbocycles. The van der Waals surface area contributed by atoms with E-state index in [2.05, 4.69) is 6.08 Å². The van der Waals surface area contributed by atoms with Gasteiger partial charge >= 0.3 is 5.97 Å². The van der Waals surface area contributed by atoms with Crippen molar-refractivity contribution in [1.82, 2.24) is 4.90 Å². The highest BCUT2D eigenvalue weighted by atomic mass is 16.6. The zero-order valence-electron chi connectivity index (χ0n) is 16.7. The van der Waals surface area contributed by atoms with E-state index in [0.29, 0.717) is 30.8 Å². The van der Waals surface area contributed by atoms with Gasteiger partial charge < -0.3 is 19.1 Å². The van der Waals surface area contributed by atoms with Crippen molar-refractivity contribution in [1.29, 1.82) is 0 Å². The molecular formula is C24H23NO5. The van der Waals surface area contributed by atoms with E-state index >= 15 is 0 Å². The van der Waals surface area contributed by atoms with Gasteiger partial charge in [-0.15, -0.1) is 0 Å². The molecule has 0 bridgehead atoms. The minimum Gasteiger partial charge on any atom is -0.493 e. The van der Waals surface area contributed by atoms with Crippen molar-refractivity contribution in [2.45, 2.75) is 37.0 Å². The van der Waals surface area contributed by atoms with Crippen molar-refractivity contribution >= 4 is 12.4 Å². The van der Waals surface area contributed by atoms with Gasteiger partial charge in [-0.05, 0) is 36.3 Å². The summed E-state index contributed by atoms with van der Waals surface area (Å²) in [6.45, 7) is 1.19.